The molecule has 0 bridgehead atoms. The van der Waals surface area contributed by atoms with Crippen molar-refractivity contribution < 1.29 is 14.0 Å². The van der Waals surface area contributed by atoms with E-state index in [1.54, 1.807) is 25.3 Å². The van der Waals surface area contributed by atoms with Gasteiger partial charge in [0.2, 0.25) is 11.8 Å². The molecule has 1 saturated heterocycles. The average molecular weight is 511 g/mol. The van der Waals surface area contributed by atoms with Gasteiger partial charge < -0.3 is 16.0 Å². The van der Waals surface area contributed by atoms with E-state index in [4.69, 9.17) is 28.9 Å². The largest absolute Gasteiger partial charge is 0.358 e. The van der Waals surface area contributed by atoms with Crippen LogP contribution in [0, 0.1) is 11.2 Å². The quantitative estimate of drug-likeness (QED) is 0.561. The fourth-order valence-electron chi connectivity index (χ4n) is 4.73. The molecular weight excluding hydrogens is 478 g/mol. The van der Waals surface area contributed by atoms with Crippen LogP contribution in [0.5, 0.6) is 0 Å². The molecule has 1 aromatic rings. The lowest BCUT2D eigenvalue weighted by molar-refractivity contribution is -0.137. The number of benzene rings is 1. The third-order valence-corrected chi connectivity index (χ3v) is 7.63. The Kier molecular flexibility index (Phi) is 9.15. The summed E-state index contributed by atoms with van der Waals surface area (Å²) in [6, 6.07) is 5.45. The molecule has 3 atom stereocenters. The van der Waals surface area contributed by atoms with E-state index in [1.807, 2.05) is 11.0 Å². The van der Waals surface area contributed by atoms with Gasteiger partial charge in [0, 0.05) is 44.2 Å². The predicted molar refractivity (Wildman–Crippen MR) is 134 cm³/mol. The first-order chi connectivity index (χ1) is 16.2. The molecule has 0 radical (unpaired) electrons. The molecule has 2 aliphatic rings. The minimum Gasteiger partial charge on any atom is -0.358 e. The van der Waals surface area contributed by atoms with Gasteiger partial charge in [0.05, 0.1) is 16.5 Å². The van der Waals surface area contributed by atoms with Gasteiger partial charge in [-0.2, -0.15) is 0 Å². The van der Waals surface area contributed by atoms with E-state index in [0.29, 0.717) is 55.5 Å². The normalized spacial score (nSPS) is 24.3. The molecule has 1 heterocycles. The summed E-state index contributed by atoms with van der Waals surface area (Å²) in [5.41, 5.74) is 6.33. The van der Waals surface area contributed by atoms with Crippen molar-refractivity contribution in [2.24, 2.45) is 11.1 Å². The highest BCUT2D eigenvalue weighted by Gasteiger charge is 2.39. The second-order valence-electron chi connectivity index (χ2n) is 9.08. The Labute approximate surface area is 210 Å². The standard InChI is InChI=1S/C25H33Cl2FN4O2/c1-3-19-16-31(11-10-25(24(34)30-2)9-8-20(26)21(27)15-25)12-13-32(19)23(33)22(29)14-17-4-6-18(28)7-5-17/h4-9,19,22H,3,10-16,29H2,1-2H3,(H,30,34). The van der Waals surface area contributed by atoms with E-state index >= 15 is 0 Å². The number of hydrogen-bond donors (Lipinski definition) is 2. The number of piperazine rings is 1. The smallest absolute Gasteiger partial charge is 0.240 e. The maximum absolute atomic E-state index is 13.2. The van der Waals surface area contributed by atoms with Gasteiger partial charge in [-0.15, -0.1) is 0 Å². The predicted octanol–water partition coefficient (Wildman–Crippen LogP) is 3.39. The molecule has 3 rings (SSSR count). The second-order valence-corrected chi connectivity index (χ2v) is 9.94. The Morgan fingerprint density at radius 2 is 1.97 bits per heavy atom. The first kappa shape index (κ1) is 26.7. The van der Waals surface area contributed by atoms with Gasteiger partial charge in [0.25, 0.3) is 0 Å². The summed E-state index contributed by atoms with van der Waals surface area (Å²) in [6.07, 6.45) is 5.70. The SMILES string of the molecule is CCC1CN(CCC2(C(=O)NC)C=CC(Cl)=C(Cl)C2)CCN1C(=O)C(N)Cc1ccc(F)cc1. The molecule has 9 heteroatoms. The number of carbonyl (C=O) groups excluding carboxylic acids is 2. The molecular formula is C25H33Cl2FN4O2. The van der Waals surface area contributed by atoms with Crippen LogP contribution >= 0.6 is 23.2 Å². The minimum absolute atomic E-state index is 0.0382. The van der Waals surface area contributed by atoms with Crippen molar-refractivity contribution in [3.63, 3.8) is 0 Å². The molecule has 0 spiro atoms. The van der Waals surface area contributed by atoms with Gasteiger partial charge in [0.1, 0.15) is 5.82 Å². The number of nitrogens with zero attached hydrogens (tertiary/aromatic N) is 2. The van der Waals surface area contributed by atoms with E-state index in [2.05, 4.69) is 17.1 Å². The average Bonchev–Trinajstić information content (AvgIpc) is 2.85. The van der Waals surface area contributed by atoms with Crippen LogP contribution < -0.4 is 11.1 Å². The monoisotopic (exact) mass is 510 g/mol. The molecule has 1 aromatic carbocycles. The molecule has 0 aromatic heterocycles. The summed E-state index contributed by atoms with van der Waals surface area (Å²) in [5, 5.41) is 3.71. The lowest BCUT2D eigenvalue weighted by atomic mass is 9.77. The van der Waals surface area contributed by atoms with Crippen LogP contribution in [0.15, 0.2) is 46.5 Å². The van der Waals surface area contributed by atoms with Crippen molar-refractivity contribution in [1.82, 2.24) is 15.1 Å². The number of carbonyl (C=O) groups is 2. The van der Waals surface area contributed by atoms with Crippen LogP contribution in [0.1, 0.15) is 31.7 Å². The van der Waals surface area contributed by atoms with E-state index in [-0.39, 0.29) is 23.7 Å². The Morgan fingerprint density at radius 1 is 1.26 bits per heavy atom. The third-order valence-electron chi connectivity index (χ3n) is 6.84. The van der Waals surface area contributed by atoms with Crippen molar-refractivity contribution in [2.45, 2.75) is 44.7 Å². The van der Waals surface area contributed by atoms with Crippen LogP contribution in [0.3, 0.4) is 0 Å². The Hall–Kier alpha value is -1.93. The van der Waals surface area contributed by atoms with Gasteiger partial charge in [0.15, 0.2) is 0 Å². The number of rotatable bonds is 8. The van der Waals surface area contributed by atoms with Gasteiger partial charge in [-0.1, -0.05) is 48.3 Å². The first-order valence-electron chi connectivity index (χ1n) is 11.7. The number of nitrogens with one attached hydrogen (secondary N) is 1. The Morgan fingerprint density at radius 3 is 2.59 bits per heavy atom. The van der Waals surface area contributed by atoms with Crippen molar-refractivity contribution >= 4 is 35.0 Å². The van der Waals surface area contributed by atoms with E-state index in [9.17, 15) is 14.0 Å². The highest BCUT2D eigenvalue weighted by molar-refractivity contribution is 6.40. The van der Waals surface area contributed by atoms with Gasteiger partial charge in [-0.05, 0) is 49.6 Å². The van der Waals surface area contributed by atoms with Crippen LogP contribution in [0.4, 0.5) is 4.39 Å². The highest BCUT2D eigenvalue weighted by atomic mass is 35.5. The van der Waals surface area contributed by atoms with Crippen molar-refractivity contribution in [2.75, 3.05) is 33.2 Å². The van der Waals surface area contributed by atoms with Gasteiger partial charge >= 0.3 is 0 Å². The fraction of sp³-hybridized carbons (Fsp3) is 0.520. The van der Waals surface area contributed by atoms with Crippen LogP contribution in [-0.2, 0) is 16.0 Å². The summed E-state index contributed by atoms with van der Waals surface area (Å²) in [5.74, 6) is -0.479. The zero-order valence-corrected chi connectivity index (χ0v) is 21.2. The third kappa shape index (κ3) is 6.19. The highest BCUT2D eigenvalue weighted by Crippen LogP contribution is 2.40. The lowest BCUT2D eigenvalue weighted by Crippen LogP contribution is -2.59. The van der Waals surface area contributed by atoms with E-state index < -0.39 is 11.5 Å². The summed E-state index contributed by atoms with van der Waals surface area (Å²) in [4.78, 5) is 30.0. The zero-order valence-electron chi connectivity index (χ0n) is 19.7. The molecule has 1 aliphatic heterocycles. The Bertz CT molecular complexity index is 953. The molecule has 1 aliphatic carbocycles. The van der Waals surface area contributed by atoms with Crippen molar-refractivity contribution in [3.05, 3.63) is 57.9 Å². The van der Waals surface area contributed by atoms with E-state index in [0.717, 1.165) is 12.0 Å². The summed E-state index contributed by atoms with van der Waals surface area (Å²) in [6.45, 7) is 4.73. The summed E-state index contributed by atoms with van der Waals surface area (Å²) < 4.78 is 13.2. The molecule has 34 heavy (non-hydrogen) atoms. The first-order valence-corrected chi connectivity index (χ1v) is 12.4. The van der Waals surface area contributed by atoms with E-state index in [1.165, 1.54) is 12.1 Å². The van der Waals surface area contributed by atoms with Gasteiger partial charge in [-0.25, -0.2) is 4.39 Å². The van der Waals surface area contributed by atoms with Crippen molar-refractivity contribution in [1.29, 1.82) is 0 Å². The summed E-state index contributed by atoms with van der Waals surface area (Å²) >= 11 is 12.4. The molecule has 3 N–H and O–H groups in total. The number of nitrogens with two attached hydrogens (primary N) is 1. The number of halogens is 3. The zero-order chi connectivity index (χ0) is 24.9. The van der Waals surface area contributed by atoms with Crippen molar-refractivity contribution in [3.8, 4) is 0 Å². The molecule has 1 fully saturated rings. The second kappa shape index (κ2) is 11.7. The maximum Gasteiger partial charge on any atom is 0.240 e. The molecule has 3 unspecified atom stereocenters. The maximum atomic E-state index is 13.2. The lowest BCUT2D eigenvalue weighted by Gasteiger charge is -2.43. The fourth-order valence-corrected chi connectivity index (χ4v) is 5.16. The van der Waals surface area contributed by atoms with Crippen LogP contribution in [-0.4, -0.2) is 66.9 Å². The molecule has 0 saturated carbocycles. The minimum atomic E-state index is -0.740. The molecule has 6 nitrogen and oxygen atoms in total. The topological polar surface area (TPSA) is 78.7 Å². The number of hydrogen-bond acceptors (Lipinski definition) is 4. The number of amides is 2. The van der Waals surface area contributed by atoms with Crippen LogP contribution in [0.25, 0.3) is 0 Å². The van der Waals surface area contributed by atoms with Gasteiger partial charge in [-0.3, -0.25) is 14.5 Å². The summed E-state index contributed by atoms with van der Waals surface area (Å²) in [7, 11) is 1.62. The number of allylic oxidation sites excluding steroid dienone is 3. The van der Waals surface area contributed by atoms with Crippen LogP contribution in [0.2, 0.25) is 0 Å². The Balaban J connectivity index is 1.60. The molecule has 2 amide bonds. The molecule has 186 valence electrons.